The van der Waals surface area contributed by atoms with Gasteiger partial charge in [-0.1, -0.05) is 19.9 Å². The number of fused-ring (bicyclic) bond motifs is 1. The zero-order chi connectivity index (χ0) is 13.9. The van der Waals surface area contributed by atoms with Gasteiger partial charge in [0.1, 0.15) is 19.5 Å². The number of ether oxygens (including phenoxy) is 2. The molecule has 5 nitrogen and oxygen atoms in total. The Balaban J connectivity index is 1.86. The second-order valence-electron chi connectivity index (χ2n) is 5.01. The van der Waals surface area contributed by atoms with E-state index in [4.69, 9.17) is 13.9 Å². The molecule has 0 fully saturated rings. The summed E-state index contributed by atoms with van der Waals surface area (Å²) >= 11 is 0. The highest BCUT2D eigenvalue weighted by atomic mass is 16.6. The largest absolute Gasteiger partial charge is 0.486 e. The summed E-state index contributed by atoms with van der Waals surface area (Å²) < 4.78 is 16.8. The molecule has 106 valence electrons. The van der Waals surface area contributed by atoms with Crippen molar-refractivity contribution in [3.63, 3.8) is 0 Å². The minimum Gasteiger partial charge on any atom is -0.486 e. The van der Waals surface area contributed by atoms with Crippen molar-refractivity contribution in [2.24, 2.45) is 0 Å². The fraction of sp³-hybridized carbons (Fsp3) is 0.400. The van der Waals surface area contributed by atoms with Crippen LogP contribution in [0.15, 0.2) is 28.9 Å². The first-order valence-electron chi connectivity index (χ1n) is 6.81. The molecule has 2 aromatic rings. The van der Waals surface area contributed by atoms with Gasteiger partial charge in [-0.05, 0) is 12.1 Å². The van der Waals surface area contributed by atoms with Crippen molar-refractivity contribution in [1.29, 1.82) is 0 Å². The average Bonchev–Trinajstić information content (AvgIpc) is 2.93. The molecule has 1 aliphatic rings. The molecule has 0 radical (unpaired) electrons. The molecule has 0 aliphatic carbocycles. The maximum atomic E-state index is 5.68. The predicted octanol–water partition coefficient (Wildman–Crippen LogP) is 2.61. The van der Waals surface area contributed by atoms with Crippen molar-refractivity contribution in [1.82, 2.24) is 10.3 Å². The van der Waals surface area contributed by atoms with E-state index in [-0.39, 0.29) is 0 Å². The van der Waals surface area contributed by atoms with Gasteiger partial charge in [0.25, 0.3) is 0 Å². The molecule has 3 rings (SSSR count). The van der Waals surface area contributed by atoms with Gasteiger partial charge in [0.05, 0.1) is 11.3 Å². The monoisotopic (exact) mass is 274 g/mol. The number of rotatable bonds is 4. The van der Waals surface area contributed by atoms with Crippen molar-refractivity contribution in [2.45, 2.75) is 26.4 Å². The van der Waals surface area contributed by atoms with Crippen LogP contribution in [-0.4, -0.2) is 24.2 Å². The van der Waals surface area contributed by atoms with E-state index >= 15 is 0 Å². The third-order valence-corrected chi connectivity index (χ3v) is 3.04. The standard InChI is InChI=1S/C15H18N2O3/c1-10(2)16-8-11-9-20-15(17-11)12-4-3-5-13-14(12)19-7-6-18-13/h3-5,9-10,16H,6-8H2,1-2H3. The van der Waals surface area contributed by atoms with Gasteiger partial charge in [0.15, 0.2) is 11.5 Å². The number of hydrogen-bond acceptors (Lipinski definition) is 5. The van der Waals surface area contributed by atoms with E-state index in [0.717, 1.165) is 17.0 Å². The molecule has 1 aromatic heterocycles. The van der Waals surface area contributed by atoms with Crippen LogP contribution in [0.25, 0.3) is 11.5 Å². The van der Waals surface area contributed by atoms with Crippen LogP contribution in [0.2, 0.25) is 0 Å². The average molecular weight is 274 g/mol. The highest BCUT2D eigenvalue weighted by Crippen LogP contribution is 2.39. The fourth-order valence-electron chi connectivity index (χ4n) is 2.06. The third-order valence-electron chi connectivity index (χ3n) is 3.04. The van der Waals surface area contributed by atoms with Crippen LogP contribution >= 0.6 is 0 Å². The third kappa shape index (κ3) is 2.63. The molecule has 0 amide bonds. The Bertz CT molecular complexity index is 593. The van der Waals surface area contributed by atoms with E-state index in [1.807, 2.05) is 18.2 Å². The number of aromatic nitrogens is 1. The lowest BCUT2D eigenvalue weighted by Crippen LogP contribution is -2.21. The van der Waals surface area contributed by atoms with Crippen LogP contribution < -0.4 is 14.8 Å². The van der Waals surface area contributed by atoms with Crippen molar-refractivity contribution in [3.05, 3.63) is 30.2 Å². The van der Waals surface area contributed by atoms with Gasteiger partial charge in [-0.25, -0.2) is 4.98 Å². The number of benzene rings is 1. The van der Waals surface area contributed by atoms with Gasteiger partial charge >= 0.3 is 0 Å². The smallest absolute Gasteiger partial charge is 0.230 e. The first kappa shape index (κ1) is 13.0. The van der Waals surface area contributed by atoms with Gasteiger partial charge < -0.3 is 19.2 Å². The molecule has 0 saturated heterocycles. The summed E-state index contributed by atoms with van der Waals surface area (Å²) in [4.78, 5) is 4.50. The van der Waals surface area contributed by atoms with Gasteiger partial charge in [-0.15, -0.1) is 0 Å². The molecular formula is C15H18N2O3. The van der Waals surface area contributed by atoms with E-state index in [9.17, 15) is 0 Å². The summed E-state index contributed by atoms with van der Waals surface area (Å²) in [6, 6.07) is 6.15. The van der Waals surface area contributed by atoms with Crippen molar-refractivity contribution >= 4 is 0 Å². The molecule has 20 heavy (non-hydrogen) atoms. The Morgan fingerprint density at radius 1 is 1.25 bits per heavy atom. The van der Waals surface area contributed by atoms with Crippen LogP contribution in [0.3, 0.4) is 0 Å². The van der Waals surface area contributed by atoms with E-state index in [0.29, 0.717) is 37.4 Å². The molecule has 0 spiro atoms. The first-order chi connectivity index (χ1) is 9.74. The van der Waals surface area contributed by atoms with Crippen LogP contribution in [-0.2, 0) is 6.54 Å². The molecule has 0 unspecified atom stereocenters. The van der Waals surface area contributed by atoms with Gasteiger partial charge in [-0.3, -0.25) is 0 Å². The highest BCUT2D eigenvalue weighted by molar-refractivity contribution is 5.68. The Labute approximate surface area is 117 Å². The first-order valence-corrected chi connectivity index (χ1v) is 6.81. The quantitative estimate of drug-likeness (QED) is 0.928. The second-order valence-corrected chi connectivity index (χ2v) is 5.01. The van der Waals surface area contributed by atoms with Crippen molar-refractivity contribution in [2.75, 3.05) is 13.2 Å². The highest BCUT2D eigenvalue weighted by Gasteiger charge is 2.19. The maximum absolute atomic E-state index is 5.68. The summed E-state index contributed by atoms with van der Waals surface area (Å²) in [6.45, 7) is 6.01. The fourth-order valence-corrected chi connectivity index (χ4v) is 2.06. The molecule has 0 atom stereocenters. The molecule has 5 heteroatoms. The normalized spacial score (nSPS) is 13.8. The van der Waals surface area contributed by atoms with E-state index in [1.165, 1.54) is 0 Å². The van der Waals surface area contributed by atoms with E-state index in [2.05, 4.69) is 24.1 Å². The summed E-state index contributed by atoms with van der Waals surface area (Å²) in [5, 5.41) is 3.31. The van der Waals surface area contributed by atoms with E-state index < -0.39 is 0 Å². The van der Waals surface area contributed by atoms with Crippen LogP contribution in [0.4, 0.5) is 0 Å². The summed E-state index contributed by atoms with van der Waals surface area (Å²) in [7, 11) is 0. The zero-order valence-corrected chi connectivity index (χ0v) is 11.7. The zero-order valence-electron chi connectivity index (χ0n) is 11.7. The van der Waals surface area contributed by atoms with Crippen molar-refractivity contribution in [3.8, 4) is 23.0 Å². The number of oxazole rings is 1. The lowest BCUT2D eigenvalue weighted by molar-refractivity contribution is 0.172. The summed E-state index contributed by atoms with van der Waals surface area (Å²) in [6.07, 6.45) is 1.67. The predicted molar refractivity (Wildman–Crippen MR) is 74.9 cm³/mol. The number of nitrogens with one attached hydrogen (secondary N) is 1. The second kappa shape index (κ2) is 5.54. The minimum atomic E-state index is 0.413. The molecule has 0 saturated carbocycles. The number of para-hydroxylation sites is 1. The summed E-state index contributed by atoms with van der Waals surface area (Å²) in [5.74, 6) is 2.02. The Hall–Kier alpha value is -2.01. The maximum Gasteiger partial charge on any atom is 0.230 e. The molecule has 1 N–H and O–H groups in total. The number of hydrogen-bond donors (Lipinski definition) is 1. The van der Waals surface area contributed by atoms with E-state index in [1.54, 1.807) is 6.26 Å². The van der Waals surface area contributed by atoms with Gasteiger partial charge in [-0.2, -0.15) is 0 Å². The van der Waals surface area contributed by atoms with Gasteiger partial charge in [0, 0.05) is 12.6 Å². The van der Waals surface area contributed by atoms with Crippen LogP contribution in [0, 0.1) is 0 Å². The van der Waals surface area contributed by atoms with Gasteiger partial charge in [0.2, 0.25) is 5.89 Å². The Kier molecular flexibility index (Phi) is 3.60. The lowest BCUT2D eigenvalue weighted by atomic mass is 10.1. The Morgan fingerprint density at radius 2 is 2.10 bits per heavy atom. The topological polar surface area (TPSA) is 56.5 Å². The molecule has 2 heterocycles. The minimum absolute atomic E-state index is 0.413. The molecule has 0 bridgehead atoms. The Morgan fingerprint density at radius 3 is 2.95 bits per heavy atom. The van der Waals surface area contributed by atoms with Crippen LogP contribution in [0.1, 0.15) is 19.5 Å². The molecule has 1 aliphatic heterocycles. The summed E-state index contributed by atoms with van der Waals surface area (Å²) in [5.41, 5.74) is 1.71. The molecule has 1 aromatic carbocycles. The SMILES string of the molecule is CC(C)NCc1coc(-c2cccc3c2OCCO3)n1. The van der Waals surface area contributed by atoms with Crippen molar-refractivity contribution < 1.29 is 13.9 Å². The number of nitrogens with zero attached hydrogens (tertiary/aromatic N) is 1. The molecular weight excluding hydrogens is 256 g/mol. The lowest BCUT2D eigenvalue weighted by Gasteiger charge is -2.19. The van der Waals surface area contributed by atoms with Crippen LogP contribution in [0.5, 0.6) is 11.5 Å².